The Kier molecular flexibility index (Phi) is 3.97. The summed E-state index contributed by atoms with van der Waals surface area (Å²) < 4.78 is 1.22. The summed E-state index contributed by atoms with van der Waals surface area (Å²) in [6, 6.07) is 2.28. The van der Waals surface area contributed by atoms with Gasteiger partial charge in [-0.2, -0.15) is 0 Å². The number of nitrogens with zero attached hydrogens (tertiary/aromatic N) is 2. The molecule has 0 saturated heterocycles. The van der Waals surface area contributed by atoms with Gasteiger partial charge in [0.1, 0.15) is 0 Å². The maximum atomic E-state index is 11.5. The van der Waals surface area contributed by atoms with Crippen LogP contribution in [0.2, 0.25) is 0 Å². The number of carboxylic acids is 1. The molecule has 0 fully saturated rings. The lowest BCUT2D eigenvalue weighted by atomic mass is 10.2. The van der Waals surface area contributed by atoms with E-state index in [2.05, 4.69) is 0 Å². The average molecular weight is 240 g/mol. The van der Waals surface area contributed by atoms with E-state index in [0.717, 1.165) is 12.1 Å². The summed E-state index contributed by atoms with van der Waals surface area (Å²) in [5.74, 6) is -0.957. The van der Waals surface area contributed by atoms with E-state index >= 15 is 0 Å². The standard InChI is InChI=1S/C10H12N2O5/c1-7-8(12(16)17)4-5-9(13)11(7)6-2-3-10(14)15/h4-5H,2-3,6H2,1H3,(H,14,15). The van der Waals surface area contributed by atoms with Crippen LogP contribution in [0, 0.1) is 17.0 Å². The van der Waals surface area contributed by atoms with Crippen molar-refractivity contribution < 1.29 is 14.8 Å². The lowest BCUT2D eigenvalue weighted by molar-refractivity contribution is -0.386. The first kappa shape index (κ1) is 12.9. The van der Waals surface area contributed by atoms with Crippen LogP contribution >= 0.6 is 0 Å². The maximum absolute atomic E-state index is 11.5. The average Bonchev–Trinajstić information content (AvgIpc) is 2.21. The number of aromatic nitrogens is 1. The van der Waals surface area contributed by atoms with E-state index in [4.69, 9.17) is 5.11 Å². The van der Waals surface area contributed by atoms with Gasteiger partial charge >= 0.3 is 5.97 Å². The van der Waals surface area contributed by atoms with Crippen LogP contribution in [-0.4, -0.2) is 20.6 Å². The molecule has 0 aliphatic heterocycles. The molecule has 0 aliphatic carbocycles. The third-order valence-corrected chi connectivity index (χ3v) is 2.39. The number of nitro groups is 1. The smallest absolute Gasteiger partial charge is 0.303 e. The summed E-state index contributed by atoms with van der Waals surface area (Å²) in [7, 11) is 0. The van der Waals surface area contributed by atoms with Crippen LogP contribution in [0.3, 0.4) is 0 Å². The van der Waals surface area contributed by atoms with Crippen molar-refractivity contribution in [3.63, 3.8) is 0 Å². The Morgan fingerprint density at radius 1 is 1.53 bits per heavy atom. The van der Waals surface area contributed by atoms with Gasteiger partial charge in [0.2, 0.25) is 0 Å². The van der Waals surface area contributed by atoms with E-state index in [-0.39, 0.29) is 36.3 Å². The largest absolute Gasteiger partial charge is 0.481 e. The molecule has 0 aromatic carbocycles. The van der Waals surface area contributed by atoms with Crippen LogP contribution in [0.15, 0.2) is 16.9 Å². The molecular weight excluding hydrogens is 228 g/mol. The van der Waals surface area contributed by atoms with E-state index in [0.29, 0.717) is 0 Å². The van der Waals surface area contributed by atoms with Crippen molar-refractivity contribution in [3.8, 4) is 0 Å². The molecule has 0 aliphatic rings. The van der Waals surface area contributed by atoms with Crippen molar-refractivity contribution in [2.24, 2.45) is 0 Å². The van der Waals surface area contributed by atoms with Gasteiger partial charge in [-0.25, -0.2) is 0 Å². The highest BCUT2D eigenvalue weighted by atomic mass is 16.6. The van der Waals surface area contributed by atoms with E-state index in [1.54, 1.807) is 0 Å². The van der Waals surface area contributed by atoms with Crippen LogP contribution < -0.4 is 5.56 Å². The minimum absolute atomic E-state index is 0.0748. The molecular formula is C10H12N2O5. The summed E-state index contributed by atoms with van der Waals surface area (Å²) >= 11 is 0. The van der Waals surface area contributed by atoms with Gasteiger partial charge < -0.3 is 9.67 Å². The van der Waals surface area contributed by atoms with Crippen molar-refractivity contribution in [1.29, 1.82) is 0 Å². The van der Waals surface area contributed by atoms with Crippen LogP contribution in [0.1, 0.15) is 18.5 Å². The van der Waals surface area contributed by atoms with Crippen molar-refractivity contribution in [2.75, 3.05) is 0 Å². The lowest BCUT2D eigenvalue weighted by Gasteiger charge is -2.08. The first-order valence-corrected chi connectivity index (χ1v) is 5.00. The molecule has 1 aromatic rings. The number of carbonyl (C=O) groups is 1. The molecule has 1 aromatic heterocycles. The van der Waals surface area contributed by atoms with E-state index in [1.165, 1.54) is 11.5 Å². The highest BCUT2D eigenvalue weighted by Crippen LogP contribution is 2.14. The van der Waals surface area contributed by atoms with E-state index in [1.807, 2.05) is 0 Å². The zero-order valence-electron chi connectivity index (χ0n) is 9.25. The van der Waals surface area contributed by atoms with Crippen molar-refractivity contribution >= 4 is 11.7 Å². The zero-order valence-corrected chi connectivity index (χ0v) is 9.25. The van der Waals surface area contributed by atoms with Crippen molar-refractivity contribution in [1.82, 2.24) is 4.57 Å². The van der Waals surface area contributed by atoms with Crippen molar-refractivity contribution in [3.05, 3.63) is 38.3 Å². The number of carboxylic acid groups (broad SMARTS) is 1. The lowest BCUT2D eigenvalue weighted by Crippen LogP contribution is -2.22. The zero-order chi connectivity index (χ0) is 13.0. The van der Waals surface area contributed by atoms with Gasteiger partial charge in [0.15, 0.2) is 0 Å². The van der Waals surface area contributed by atoms with Gasteiger partial charge in [-0.3, -0.25) is 19.7 Å². The summed E-state index contributed by atoms with van der Waals surface area (Å²) in [5, 5.41) is 19.1. The molecule has 0 bridgehead atoms. The van der Waals surface area contributed by atoms with Crippen molar-refractivity contribution in [2.45, 2.75) is 26.3 Å². The molecule has 0 radical (unpaired) electrons. The Morgan fingerprint density at radius 2 is 2.18 bits per heavy atom. The maximum Gasteiger partial charge on any atom is 0.303 e. The molecule has 92 valence electrons. The van der Waals surface area contributed by atoms with Crippen LogP contribution in [-0.2, 0) is 11.3 Å². The number of pyridine rings is 1. The molecule has 0 unspecified atom stereocenters. The molecule has 1 heterocycles. The van der Waals surface area contributed by atoms with Crippen LogP contribution in [0.4, 0.5) is 5.69 Å². The Labute approximate surface area is 96.5 Å². The predicted octanol–water partition coefficient (Wildman–Crippen LogP) is 0.930. The summed E-state index contributed by atoms with van der Waals surface area (Å²) in [6.07, 6.45) is 0.186. The van der Waals surface area contributed by atoms with Gasteiger partial charge in [0, 0.05) is 25.1 Å². The van der Waals surface area contributed by atoms with Crippen LogP contribution in [0.25, 0.3) is 0 Å². The molecule has 0 amide bonds. The second-order valence-electron chi connectivity index (χ2n) is 3.55. The first-order valence-electron chi connectivity index (χ1n) is 5.00. The minimum atomic E-state index is -0.957. The Balaban J connectivity index is 2.98. The monoisotopic (exact) mass is 240 g/mol. The second-order valence-corrected chi connectivity index (χ2v) is 3.55. The predicted molar refractivity (Wildman–Crippen MR) is 59.0 cm³/mol. The fourth-order valence-corrected chi connectivity index (χ4v) is 1.52. The van der Waals surface area contributed by atoms with Gasteiger partial charge in [-0.15, -0.1) is 0 Å². The fourth-order valence-electron chi connectivity index (χ4n) is 1.52. The van der Waals surface area contributed by atoms with Gasteiger partial charge in [0.05, 0.1) is 10.6 Å². The molecule has 7 heteroatoms. The third-order valence-electron chi connectivity index (χ3n) is 2.39. The van der Waals surface area contributed by atoms with E-state index < -0.39 is 10.9 Å². The normalized spacial score (nSPS) is 10.2. The topological polar surface area (TPSA) is 102 Å². The molecule has 0 saturated carbocycles. The molecule has 1 rings (SSSR count). The second kappa shape index (κ2) is 5.24. The summed E-state index contributed by atoms with van der Waals surface area (Å²) in [4.78, 5) is 31.9. The molecule has 0 spiro atoms. The highest BCUT2D eigenvalue weighted by Gasteiger charge is 2.14. The first-order chi connectivity index (χ1) is 7.93. The number of hydrogen-bond acceptors (Lipinski definition) is 4. The molecule has 1 N–H and O–H groups in total. The Bertz CT molecular complexity index is 506. The quantitative estimate of drug-likeness (QED) is 0.609. The Hall–Kier alpha value is -2.18. The van der Waals surface area contributed by atoms with Gasteiger partial charge in [-0.1, -0.05) is 0 Å². The highest BCUT2D eigenvalue weighted by molar-refractivity contribution is 5.66. The summed E-state index contributed by atoms with van der Waals surface area (Å²) in [5.41, 5.74) is -0.258. The number of aliphatic carboxylic acids is 1. The SMILES string of the molecule is Cc1c([N+](=O)[O-])ccc(=O)n1CCCC(=O)O. The van der Waals surface area contributed by atoms with E-state index in [9.17, 15) is 19.7 Å². The van der Waals surface area contributed by atoms with Crippen LogP contribution in [0.5, 0.6) is 0 Å². The molecule has 17 heavy (non-hydrogen) atoms. The van der Waals surface area contributed by atoms with Gasteiger partial charge in [0.25, 0.3) is 11.2 Å². The Morgan fingerprint density at radius 3 is 2.71 bits per heavy atom. The molecule has 0 atom stereocenters. The van der Waals surface area contributed by atoms with Gasteiger partial charge in [-0.05, 0) is 13.3 Å². The molecule has 7 nitrogen and oxygen atoms in total. The third kappa shape index (κ3) is 3.13. The fraction of sp³-hybridized carbons (Fsp3) is 0.400. The number of rotatable bonds is 5. The number of hydrogen-bond donors (Lipinski definition) is 1. The minimum Gasteiger partial charge on any atom is -0.481 e. The summed E-state index contributed by atoms with van der Waals surface area (Å²) in [6.45, 7) is 1.64.